The summed E-state index contributed by atoms with van der Waals surface area (Å²) >= 11 is 0. The molecule has 0 aliphatic rings. The van der Waals surface area contributed by atoms with Crippen molar-refractivity contribution in [3.05, 3.63) is 0 Å². The second-order valence-corrected chi connectivity index (χ2v) is 4.46. The number of hydrogen-bond acceptors (Lipinski definition) is 5. The van der Waals surface area contributed by atoms with Gasteiger partial charge in [0.1, 0.15) is 12.1 Å². The van der Waals surface area contributed by atoms with E-state index in [1.165, 1.54) is 27.7 Å². The van der Waals surface area contributed by atoms with Gasteiger partial charge in [-0.15, -0.1) is 0 Å². The van der Waals surface area contributed by atoms with E-state index in [2.05, 4.69) is 0 Å². The summed E-state index contributed by atoms with van der Waals surface area (Å²) in [4.78, 5) is 0. The number of nitriles is 2. The van der Waals surface area contributed by atoms with Gasteiger partial charge in [0.2, 0.25) is 11.2 Å². The van der Waals surface area contributed by atoms with E-state index in [9.17, 15) is 4.57 Å². The molecule has 0 unspecified atom stereocenters. The average Bonchev–Trinajstić information content (AvgIpc) is 2.02. The first kappa shape index (κ1) is 13.0. The van der Waals surface area contributed by atoms with Crippen LogP contribution in [-0.4, -0.2) is 11.2 Å². The summed E-state index contributed by atoms with van der Waals surface area (Å²) in [6.45, 7) is 5.85. The third-order valence-corrected chi connectivity index (χ3v) is 2.36. The van der Waals surface area contributed by atoms with Crippen LogP contribution in [0.2, 0.25) is 0 Å². The Hall–Kier alpha value is -1.00. The highest BCUT2D eigenvalue weighted by atomic mass is 31.1. The van der Waals surface area contributed by atoms with Gasteiger partial charge >= 0.3 is 8.25 Å². The first-order valence-electron chi connectivity index (χ1n) is 3.90. The second kappa shape index (κ2) is 4.48. The summed E-state index contributed by atoms with van der Waals surface area (Å²) in [6.07, 6.45) is 0. The van der Waals surface area contributed by atoms with Crippen molar-refractivity contribution in [2.45, 2.75) is 38.9 Å². The summed E-state index contributed by atoms with van der Waals surface area (Å²) < 4.78 is 20.8. The fourth-order valence-electron chi connectivity index (χ4n) is 0.432. The molecule has 0 heterocycles. The van der Waals surface area contributed by atoms with Crippen molar-refractivity contribution in [1.82, 2.24) is 0 Å². The number of hydrogen-bond donors (Lipinski definition) is 0. The van der Waals surface area contributed by atoms with Gasteiger partial charge < -0.3 is 0 Å². The number of rotatable bonds is 4. The van der Waals surface area contributed by atoms with E-state index in [1.54, 1.807) is 0 Å². The van der Waals surface area contributed by atoms with Crippen LogP contribution in [0.25, 0.3) is 0 Å². The smallest absolute Gasteiger partial charge is 0.195 e. The lowest BCUT2D eigenvalue weighted by atomic mass is 10.2. The van der Waals surface area contributed by atoms with Crippen molar-refractivity contribution in [2.75, 3.05) is 0 Å². The minimum absolute atomic E-state index is 1.18. The van der Waals surface area contributed by atoms with Gasteiger partial charge in [-0.2, -0.15) is 10.5 Å². The van der Waals surface area contributed by atoms with Crippen molar-refractivity contribution in [2.24, 2.45) is 0 Å². The molecule has 0 radical (unpaired) electrons. The first-order chi connectivity index (χ1) is 6.22. The van der Waals surface area contributed by atoms with Crippen LogP contribution in [-0.2, 0) is 13.6 Å². The maximum Gasteiger partial charge on any atom is 0.700 e. The Labute approximate surface area is 84.2 Å². The van der Waals surface area contributed by atoms with E-state index in [1.807, 2.05) is 12.1 Å². The zero-order chi connectivity index (χ0) is 11.4. The molecular weight excluding hydrogens is 203 g/mol. The van der Waals surface area contributed by atoms with Crippen LogP contribution in [0.3, 0.4) is 0 Å². The van der Waals surface area contributed by atoms with Crippen molar-refractivity contribution >= 4 is 8.25 Å². The summed E-state index contributed by atoms with van der Waals surface area (Å²) in [7, 11) is -2.46. The Morgan fingerprint density at radius 2 is 1.29 bits per heavy atom. The molecule has 0 bridgehead atoms. The molecule has 0 aromatic carbocycles. The molecule has 14 heavy (non-hydrogen) atoms. The quantitative estimate of drug-likeness (QED) is 0.671. The monoisotopic (exact) mass is 215 g/mol. The van der Waals surface area contributed by atoms with Crippen LogP contribution in [0, 0.1) is 22.7 Å². The van der Waals surface area contributed by atoms with E-state index in [0.29, 0.717) is 0 Å². The Morgan fingerprint density at radius 3 is 1.50 bits per heavy atom. The fraction of sp³-hybridized carbons (Fsp3) is 0.750. The van der Waals surface area contributed by atoms with Gasteiger partial charge in [-0.25, -0.2) is 0 Å². The maximum absolute atomic E-state index is 11.2. The molecule has 0 aromatic heterocycles. The van der Waals surface area contributed by atoms with E-state index in [-0.39, 0.29) is 0 Å². The zero-order valence-corrected chi connectivity index (χ0v) is 9.46. The molecule has 5 nitrogen and oxygen atoms in total. The first-order valence-corrected chi connectivity index (χ1v) is 5.00. The summed E-state index contributed by atoms with van der Waals surface area (Å²) in [6, 6.07) is 3.61. The van der Waals surface area contributed by atoms with Gasteiger partial charge in [0.15, 0.2) is 0 Å². The van der Waals surface area contributed by atoms with E-state index in [0.717, 1.165) is 0 Å². The predicted molar refractivity (Wildman–Crippen MR) is 49.2 cm³/mol. The molecule has 0 aliphatic heterocycles. The fourth-order valence-corrected chi connectivity index (χ4v) is 1.30. The van der Waals surface area contributed by atoms with Crippen molar-refractivity contribution in [1.29, 1.82) is 10.5 Å². The standard InChI is InChI=1S/C8H12N2O3P/c1-7(2,5-9)12-14(11)13-8(3,4)6-10/h1-4H3/q+1. The molecular formula is C8H12N2O3P+. The van der Waals surface area contributed by atoms with Gasteiger partial charge in [-0.1, -0.05) is 9.05 Å². The topological polar surface area (TPSA) is 83.1 Å². The molecule has 0 rings (SSSR count). The molecule has 0 aromatic rings. The van der Waals surface area contributed by atoms with Gasteiger partial charge in [-0.3, -0.25) is 0 Å². The minimum Gasteiger partial charge on any atom is -0.195 e. The highest BCUT2D eigenvalue weighted by Crippen LogP contribution is 2.35. The molecule has 0 fully saturated rings. The molecule has 0 N–H and O–H groups in total. The predicted octanol–water partition coefficient (Wildman–Crippen LogP) is 2.28. The lowest BCUT2D eigenvalue weighted by molar-refractivity contribution is 0.0973. The van der Waals surface area contributed by atoms with Gasteiger partial charge in [0.05, 0.1) is 0 Å². The molecule has 0 amide bonds. The van der Waals surface area contributed by atoms with Crippen molar-refractivity contribution in [3.8, 4) is 12.1 Å². The molecule has 0 spiro atoms. The Morgan fingerprint density at radius 1 is 1.00 bits per heavy atom. The maximum atomic E-state index is 11.2. The van der Waals surface area contributed by atoms with Gasteiger partial charge in [0.25, 0.3) is 0 Å². The van der Waals surface area contributed by atoms with Crippen LogP contribution in [0.1, 0.15) is 27.7 Å². The van der Waals surface area contributed by atoms with E-state index < -0.39 is 19.5 Å². The average molecular weight is 215 g/mol. The summed E-state index contributed by atoms with van der Waals surface area (Å²) in [5.41, 5.74) is -2.36. The molecule has 6 heteroatoms. The highest BCUT2D eigenvalue weighted by molar-refractivity contribution is 7.33. The third kappa shape index (κ3) is 4.89. The molecule has 76 valence electrons. The summed E-state index contributed by atoms with van der Waals surface area (Å²) in [5.74, 6) is 0. The van der Waals surface area contributed by atoms with Crippen LogP contribution >= 0.6 is 8.25 Å². The largest absolute Gasteiger partial charge is 0.700 e. The van der Waals surface area contributed by atoms with Crippen LogP contribution in [0.5, 0.6) is 0 Å². The van der Waals surface area contributed by atoms with E-state index >= 15 is 0 Å². The van der Waals surface area contributed by atoms with Crippen LogP contribution in [0.15, 0.2) is 0 Å². The molecule has 0 atom stereocenters. The Bertz CT molecular complexity index is 282. The summed E-state index contributed by atoms with van der Waals surface area (Å²) in [5, 5.41) is 17.1. The lowest BCUT2D eigenvalue weighted by Crippen LogP contribution is -2.22. The molecule has 0 saturated carbocycles. The van der Waals surface area contributed by atoms with Crippen molar-refractivity contribution < 1.29 is 13.6 Å². The lowest BCUT2D eigenvalue weighted by Gasteiger charge is -2.09. The molecule has 0 aliphatic carbocycles. The van der Waals surface area contributed by atoms with Crippen LogP contribution < -0.4 is 0 Å². The Balaban J connectivity index is 4.30. The number of nitrogens with zero attached hydrogens (tertiary/aromatic N) is 2. The Kier molecular flexibility index (Phi) is 4.16. The molecule has 0 saturated heterocycles. The SMILES string of the molecule is CC(C)(C#N)O[P+](=O)OC(C)(C)C#N. The normalized spacial score (nSPS) is 11.6. The highest BCUT2D eigenvalue weighted by Gasteiger charge is 2.39. The minimum atomic E-state index is -2.46. The van der Waals surface area contributed by atoms with Crippen LogP contribution in [0.4, 0.5) is 0 Å². The van der Waals surface area contributed by atoms with Crippen molar-refractivity contribution in [3.63, 3.8) is 0 Å². The van der Waals surface area contributed by atoms with Gasteiger partial charge in [0, 0.05) is 4.57 Å². The zero-order valence-electron chi connectivity index (χ0n) is 8.57. The van der Waals surface area contributed by atoms with Gasteiger partial charge in [-0.05, 0) is 27.7 Å². The van der Waals surface area contributed by atoms with E-state index in [4.69, 9.17) is 19.6 Å². The third-order valence-electron chi connectivity index (χ3n) is 1.14. The second-order valence-electron chi connectivity index (χ2n) is 3.65.